The Kier molecular flexibility index (Phi) is 8.62. The van der Waals surface area contributed by atoms with Crippen LogP contribution in [0.1, 0.15) is 19.4 Å². The molecule has 0 heterocycles. The van der Waals surface area contributed by atoms with E-state index in [-0.39, 0.29) is 28.6 Å². The normalized spacial score (nSPS) is 11.6. The topological polar surface area (TPSA) is 131 Å². The number of nitro benzene ring substituents is 1. The number of carbonyl (C=O) groups excluding carboxylic acids is 1. The quantitative estimate of drug-likeness (QED) is 0.235. The number of amides is 1. The number of nitrogens with one attached hydrogen (secondary N) is 1. The molecule has 1 N–H and O–H groups in total. The molecule has 0 atom stereocenters. The van der Waals surface area contributed by atoms with Gasteiger partial charge in [0.2, 0.25) is 0 Å². The number of ether oxygens (including phenoxy) is 1. The summed E-state index contributed by atoms with van der Waals surface area (Å²) in [5.41, 5.74) is 3.38. The van der Waals surface area contributed by atoms with Crippen molar-refractivity contribution in [2.45, 2.75) is 18.7 Å². The number of benzene rings is 3. The summed E-state index contributed by atoms with van der Waals surface area (Å²) in [5.74, 6) is -0.420. The average Bonchev–Trinajstić information content (AvgIpc) is 2.86. The molecular weight excluding hydrogens is 508 g/mol. The van der Waals surface area contributed by atoms with Crippen LogP contribution in [0.5, 0.6) is 5.75 Å². The molecule has 0 spiro atoms. The number of halogens is 1. The molecule has 0 unspecified atom stereocenters. The van der Waals surface area contributed by atoms with E-state index in [1.54, 1.807) is 32.0 Å². The number of anilines is 1. The van der Waals surface area contributed by atoms with Crippen LogP contribution in [0, 0.1) is 10.1 Å². The van der Waals surface area contributed by atoms with Crippen molar-refractivity contribution in [1.29, 1.82) is 0 Å². The summed E-state index contributed by atoms with van der Waals surface area (Å²) in [5, 5.41) is 15.2. The van der Waals surface area contributed by atoms with Crippen LogP contribution in [-0.4, -0.2) is 38.1 Å². The first-order chi connectivity index (χ1) is 17.1. The highest BCUT2D eigenvalue weighted by molar-refractivity contribution is 7.92. The van der Waals surface area contributed by atoms with Crippen LogP contribution in [0.15, 0.2) is 82.8 Å². The summed E-state index contributed by atoms with van der Waals surface area (Å²) in [7, 11) is -4.19. The number of non-ortho nitro benzene ring substituents is 1. The molecule has 3 aromatic carbocycles. The zero-order chi connectivity index (χ0) is 26.3. The minimum absolute atomic E-state index is 0.0587. The lowest BCUT2D eigenvalue weighted by molar-refractivity contribution is -0.384. The van der Waals surface area contributed by atoms with E-state index in [4.69, 9.17) is 16.3 Å². The van der Waals surface area contributed by atoms with Gasteiger partial charge in [-0.2, -0.15) is 5.10 Å². The van der Waals surface area contributed by atoms with Crippen LogP contribution in [0.4, 0.5) is 11.4 Å². The summed E-state index contributed by atoms with van der Waals surface area (Å²) >= 11 is 5.91. The van der Waals surface area contributed by atoms with Crippen molar-refractivity contribution in [2.24, 2.45) is 5.10 Å². The Morgan fingerprint density at radius 1 is 1.08 bits per heavy atom. The van der Waals surface area contributed by atoms with Gasteiger partial charge in [-0.3, -0.25) is 19.2 Å². The summed E-state index contributed by atoms with van der Waals surface area (Å²) in [6.07, 6.45) is 0. The summed E-state index contributed by atoms with van der Waals surface area (Å²) < 4.78 is 33.6. The lowest BCUT2D eigenvalue weighted by Crippen LogP contribution is -2.40. The number of nitro groups is 1. The van der Waals surface area contributed by atoms with Gasteiger partial charge in [0, 0.05) is 17.2 Å². The third kappa shape index (κ3) is 6.37. The highest BCUT2D eigenvalue weighted by Gasteiger charge is 2.29. The number of hydrazone groups is 1. The molecule has 3 rings (SSSR count). The monoisotopic (exact) mass is 530 g/mol. The van der Waals surface area contributed by atoms with Gasteiger partial charge in [0.15, 0.2) is 0 Å². The number of hydrogen-bond donors (Lipinski definition) is 1. The second kappa shape index (κ2) is 11.6. The first-order valence-corrected chi connectivity index (χ1v) is 12.5. The maximum Gasteiger partial charge on any atom is 0.269 e. The largest absolute Gasteiger partial charge is 0.492 e. The van der Waals surface area contributed by atoms with E-state index < -0.39 is 27.4 Å². The molecule has 0 radical (unpaired) electrons. The lowest BCUT2D eigenvalue weighted by atomic mass is 10.1. The van der Waals surface area contributed by atoms with E-state index >= 15 is 0 Å². The summed E-state index contributed by atoms with van der Waals surface area (Å²) in [4.78, 5) is 23.1. The number of nitrogens with zero attached hydrogens (tertiary/aromatic N) is 3. The number of rotatable bonds is 10. The van der Waals surface area contributed by atoms with Crippen molar-refractivity contribution in [3.05, 3.63) is 93.5 Å². The molecule has 10 nitrogen and oxygen atoms in total. The third-order valence-electron chi connectivity index (χ3n) is 4.97. The minimum atomic E-state index is -4.19. The standard InChI is InChI=1S/C24H23ClN4O6S/c1-3-35-23-7-5-4-6-22(23)28(36(33,34)21-14-10-19(25)11-15-21)16-24(30)27-26-17(2)18-8-12-20(13-9-18)29(31)32/h4-15H,3,16H2,1-2H3,(H,27,30)/b26-17-. The van der Waals surface area contributed by atoms with Crippen molar-refractivity contribution in [1.82, 2.24) is 5.43 Å². The highest BCUT2D eigenvalue weighted by Crippen LogP contribution is 2.32. The van der Waals surface area contributed by atoms with Crippen LogP contribution in [0.25, 0.3) is 0 Å². The Bertz CT molecular complexity index is 1380. The summed E-state index contributed by atoms with van der Waals surface area (Å²) in [6, 6.07) is 17.7. The Balaban J connectivity index is 1.90. The third-order valence-corrected chi connectivity index (χ3v) is 6.99. The highest BCUT2D eigenvalue weighted by atomic mass is 35.5. The van der Waals surface area contributed by atoms with Gasteiger partial charge in [0.05, 0.1) is 27.8 Å². The lowest BCUT2D eigenvalue weighted by Gasteiger charge is -2.25. The van der Waals surface area contributed by atoms with Gasteiger partial charge in [0.25, 0.3) is 21.6 Å². The molecule has 3 aromatic rings. The average molecular weight is 531 g/mol. The molecule has 0 saturated carbocycles. The fourth-order valence-corrected chi connectivity index (χ4v) is 4.73. The maximum atomic E-state index is 13.5. The minimum Gasteiger partial charge on any atom is -0.492 e. The van der Waals surface area contributed by atoms with Gasteiger partial charge < -0.3 is 4.74 Å². The molecule has 0 aliphatic rings. The van der Waals surface area contributed by atoms with Crippen molar-refractivity contribution in [2.75, 3.05) is 17.5 Å². The zero-order valence-electron chi connectivity index (χ0n) is 19.4. The molecule has 0 fully saturated rings. The first kappa shape index (κ1) is 26.6. The van der Waals surface area contributed by atoms with E-state index in [9.17, 15) is 23.3 Å². The fraction of sp³-hybridized carbons (Fsp3) is 0.167. The molecule has 36 heavy (non-hydrogen) atoms. The van der Waals surface area contributed by atoms with E-state index in [1.807, 2.05) is 0 Å². The van der Waals surface area contributed by atoms with Gasteiger partial charge >= 0.3 is 0 Å². The van der Waals surface area contributed by atoms with Gasteiger partial charge in [-0.15, -0.1) is 0 Å². The van der Waals surface area contributed by atoms with Crippen molar-refractivity contribution in [3.8, 4) is 5.75 Å². The van der Waals surface area contributed by atoms with Crippen LogP contribution in [-0.2, 0) is 14.8 Å². The van der Waals surface area contributed by atoms with Crippen molar-refractivity contribution in [3.63, 3.8) is 0 Å². The Morgan fingerprint density at radius 2 is 1.72 bits per heavy atom. The second-order valence-electron chi connectivity index (χ2n) is 7.40. The second-order valence-corrected chi connectivity index (χ2v) is 9.70. The van der Waals surface area contributed by atoms with E-state index in [0.29, 0.717) is 16.3 Å². The molecule has 0 bridgehead atoms. The van der Waals surface area contributed by atoms with E-state index in [2.05, 4.69) is 10.5 Å². The molecule has 188 valence electrons. The zero-order valence-corrected chi connectivity index (χ0v) is 21.0. The van der Waals surface area contributed by atoms with Gasteiger partial charge in [-0.25, -0.2) is 13.8 Å². The number of carbonyl (C=O) groups is 1. The SMILES string of the molecule is CCOc1ccccc1N(CC(=O)N/N=C(/C)c1ccc([N+](=O)[O-])cc1)S(=O)(=O)c1ccc(Cl)cc1. The Morgan fingerprint density at radius 3 is 2.33 bits per heavy atom. The van der Waals surface area contributed by atoms with Crippen LogP contribution in [0.2, 0.25) is 5.02 Å². The van der Waals surface area contributed by atoms with Crippen molar-refractivity contribution < 1.29 is 22.9 Å². The number of sulfonamides is 1. The van der Waals surface area contributed by atoms with E-state index in [1.165, 1.54) is 54.6 Å². The molecule has 0 saturated heterocycles. The molecule has 12 heteroatoms. The predicted octanol–water partition coefficient (Wildman–Crippen LogP) is 4.38. The molecule has 0 aliphatic carbocycles. The molecular formula is C24H23ClN4O6S. The van der Waals surface area contributed by atoms with Crippen LogP contribution in [0.3, 0.4) is 0 Å². The maximum absolute atomic E-state index is 13.5. The molecule has 1 amide bonds. The van der Waals surface area contributed by atoms with Crippen LogP contribution < -0.4 is 14.5 Å². The summed E-state index contributed by atoms with van der Waals surface area (Å²) in [6.45, 7) is 3.06. The smallest absolute Gasteiger partial charge is 0.269 e. The molecule has 0 aromatic heterocycles. The number of para-hydroxylation sites is 2. The van der Waals surface area contributed by atoms with Crippen LogP contribution >= 0.6 is 11.6 Å². The van der Waals surface area contributed by atoms with E-state index in [0.717, 1.165) is 4.31 Å². The molecule has 0 aliphatic heterocycles. The fourth-order valence-electron chi connectivity index (χ4n) is 3.18. The van der Waals surface area contributed by atoms with Crippen molar-refractivity contribution >= 4 is 44.6 Å². The Labute approximate surface area is 213 Å². The Hall–Kier alpha value is -3.96. The number of hydrogen-bond acceptors (Lipinski definition) is 7. The first-order valence-electron chi connectivity index (χ1n) is 10.7. The van der Waals surface area contributed by atoms with Gasteiger partial charge in [0.1, 0.15) is 12.3 Å². The van der Waals surface area contributed by atoms with Gasteiger partial charge in [-0.05, 0) is 67.9 Å². The predicted molar refractivity (Wildman–Crippen MR) is 137 cm³/mol. The van der Waals surface area contributed by atoms with Gasteiger partial charge in [-0.1, -0.05) is 23.7 Å².